The second-order valence-electron chi connectivity index (χ2n) is 3.23. The van der Waals surface area contributed by atoms with Crippen molar-refractivity contribution in [1.29, 1.82) is 0 Å². The highest BCUT2D eigenvalue weighted by Gasteiger charge is 2.53. The van der Waals surface area contributed by atoms with Crippen LogP contribution in [0.5, 0.6) is 0 Å². The van der Waals surface area contributed by atoms with Gasteiger partial charge in [0.25, 0.3) is 0 Å². The first kappa shape index (κ1) is 7.55. The summed E-state index contributed by atoms with van der Waals surface area (Å²) in [5.41, 5.74) is -1.16. The van der Waals surface area contributed by atoms with Crippen molar-refractivity contribution in [2.75, 3.05) is 0 Å². The Bertz CT molecular complexity index is 206. The number of carbonyl (C=O) groups is 1. The maximum Gasteiger partial charge on any atom is 0.338 e. The number of hydrogen-bond donors (Lipinski definition) is 1. The second-order valence-corrected chi connectivity index (χ2v) is 4.41. The first-order valence-electron chi connectivity index (χ1n) is 3.69. The zero-order valence-electron chi connectivity index (χ0n) is 5.92. The highest BCUT2D eigenvalue weighted by atomic mass is 79.9. The Hall–Kier alpha value is -0.0900. The summed E-state index contributed by atoms with van der Waals surface area (Å²) in [4.78, 5) is 11.3. The molecule has 0 spiro atoms. The van der Waals surface area contributed by atoms with Crippen molar-refractivity contribution in [2.45, 2.75) is 35.8 Å². The number of hydrogen-bond acceptors (Lipinski definition) is 3. The van der Waals surface area contributed by atoms with Gasteiger partial charge >= 0.3 is 5.97 Å². The topological polar surface area (TPSA) is 46.5 Å². The molecule has 1 heterocycles. The number of rotatable bonds is 0. The molecule has 2 fully saturated rings. The molecule has 2 bridgehead atoms. The second kappa shape index (κ2) is 2.20. The van der Waals surface area contributed by atoms with Gasteiger partial charge in [-0.1, -0.05) is 15.9 Å². The van der Waals surface area contributed by atoms with Gasteiger partial charge in [-0.3, -0.25) is 0 Å². The van der Waals surface area contributed by atoms with E-state index >= 15 is 0 Å². The molecule has 0 aromatic heterocycles. The lowest BCUT2D eigenvalue weighted by molar-refractivity contribution is -0.153. The minimum atomic E-state index is -1.16. The molecule has 11 heavy (non-hydrogen) atoms. The Kier molecular flexibility index (Phi) is 1.51. The molecule has 3 nitrogen and oxygen atoms in total. The molecule has 0 unspecified atom stereocenters. The number of esters is 1. The summed E-state index contributed by atoms with van der Waals surface area (Å²) >= 11 is 3.40. The Morgan fingerprint density at radius 3 is 3.09 bits per heavy atom. The Morgan fingerprint density at radius 2 is 2.45 bits per heavy atom. The van der Waals surface area contributed by atoms with Crippen LogP contribution in [0.15, 0.2) is 0 Å². The van der Waals surface area contributed by atoms with Crippen molar-refractivity contribution in [1.82, 2.24) is 0 Å². The SMILES string of the molecule is O=C1O[C@H]2C[C@@]1(O)CC[C@H]2Br. The van der Waals surface area contributed by atoms with Gasteiger partial charge in [0.2, 0.25) is 0 Å². The van der Waals surface area contributed by atoms with Crippen molar-refractivity contribution in [3.8, 4) is 0 Å². The summed E-state index contributed by atoms with van der Waals surface area (Å²) < 4.78 is 4.96. The van der Waals surface area contributed by atoms with E-state index in [0.717, 1.165) is 6.42 Å². The molecule has 0 radical (unpaired) electrons. The summed E-state index contributed by atoms with van der Waals surface area (Å²) in [5, 5.41) is 9.61. The molecule has 0 amide bonds. The van der Waals surface area contributed by atoms with Crippen LogP contribution >= 0.6 is 15.9 Å². The number of ether oxygens (including phenoxy) is 1. The maximum atomic E-state index is 11.0. The number of fused-ring (bicyclic) bond motifs is 2. The molecule has 0 aromatic rings. The smallest absolute Gasteiger partial charge is 0.338 e. The van der Waals surface area contributed by atoms with Crippen LogP contribution in [0.3, 0.4) is 0 Å². The third-order valence-corrected chi connectivity index (χ3v) is 3.46. The van der Waals surface area contributed by atoms with Gasteiger partial charge in [-0.25, -0.2) is 4.79 Å². The largest absolute Gasteiger partial charge is 0.459 e. The lowest BCUT2D eigenvalue weighted by atomic mass is 9.86. The van der Waals surface area contributed by atoms with Gasteiger partial charge in [-0.15, -0.1) is 0 Å². The van der Waals surface area contributed by atoms with E-state index in [1.54, 1.807) is 0 Å². The van der Waals surface area contributed by atoms with Crippen LogP contribution in [0.4, 0.5) is 0 Å². The van der Waals surface area contributed by atoms with Gasteiger partial charge < -0.3 is 9.84 Å². The first-order valence-corrected chi connectivity index (χ1v) is 4.61. The van der Waals surface area contributed by atoms with Crippen molar-refractivity contribution in [2.24, 2.45) is 0 Å². The van der Waals surface area contributed by atoms with E-state index in [4.69, 9.17) is 4.74 Å². The molecule has 1 saturated carbocycles. The van der Waals surface area contributed by atoms with E-state index in [2.05, 4.69) is 15.9 Å². The van der Waals surface area contributed by atoms with Crippen LogP contribution in [0, 0.1) is 0 Å². The fraction of sp³-hybridized carbons (Fsp3) is 0.857. The van der Waals surface area contributed by atoms with E-state index in [0.29, 0.717) is 12.8 Å². The third kappa shape index (κ3) is 0.999. The number of halogens is 1. The standard InChI is InChI=1S/C7H9BrO3/c8-4-1-2-7(10)3-5(4)11-6(7)9/h4-5,10H,1-3H2/t4-,5+,7+/m1/s1. The van der Waals surface area contributed by atoms with Crippen molar-refractivity contribution in [3.63, 3.8) is 0 Å². The van der Waals surface area contributed by atoms with Gasteiger partial charge in [0.1, 0.15) is 6.10 Å². The van der Waals surface area contributed by atoms with Crippen LogP contribution in [0.1, 0.15) is 19.3 Å². The quantitative estimate of drug-likeness (QED) is 0.481. The molecule has 1 aliphatic carbocycles. The molecule has 1 aliphatic heterocycles. The first-order chi connectivity index (χ1) is 5.12. The lowest BCUT2D eigenvalue weighted by Crippen LogP contribution is -2.38. The number of aliphatic hydroxyl groups is 1. The van der Waals surface area contributed by atoms with E-state index in [1.807, 2.05) is 0 Å². The fourth-order valence-corrected chi connectivity index (χ4v) is 2.20. The summed E-state index contributed by atoms with van der Waals surface area (Å²) in [7, 11) is 0. The summed E-state index contributed by atoms with van der Waals surface area (Å²) in [6, 6.07) is 0. The van der Waals surface area contributed by atoms with Crippen LogP contribution < -0.4 is 0 Å². The average molecular weight is 221 g/mol. The maximum absolute atomic E-state index is 11.0. The van der Waals surface area contributed by atoms with Crippen LogP contribution in [-0.4, -0.2) is 27.6 Å². The Morgan fingerprint density at radius 1 is 1.73 bits per heavy atom. The Balaban J connectivity index is 2.24. The monoisotopic (exact) mass is 220 g/mol. The van der Waals surface area contributed by atoms with Crippen LogP contribution in [0.25, 0.3) is 0 Å². The number of carbonyl (C=O) groups excluding carboxylic acids is 1. The molecule has 0 aromatic carbocycles. The Labute approximate surface area is 72.9 Å². The molecule has 2 rings (SSSR count). The molecule has 1 N–H and O–H groups in total. The van der Waals surface area contributed by atoms with Gasteiger partial charge in [0.05, 0.1) is 4.83 Å². The molecule has 62 valence electrons. The van der Waals surface area contributed by atoms with E-state index in [9.17, 15) is 9.90 Å². The van der Waals surface area contributed by atoms with Crippen molar-refractivity contribution >= 4 is 21.9 Å². The zero-order valence-corrected chi connectivity index (χ0v) is 7.50. The molecule has 2 aliphatic rings. The van der Waals surface area contributed by atoms with Crippen LogP contribution in [-0.2, 0) is 9.53 Å². The lowest BCUT2D eigenvalue weighted by Gasteiger charge is -2.25. The zero-order chi connectivity index (χ0) is 8.06. The van der Waals surface area contributed by atoms with Crippen LogP contribution in [0.2, 0.25) is 0 Å². The van der Waals surface area contributed by atoms with Crippen molar-refractivity contribution < 1.29 is 14.6 Å². The van der Waals surface area contributed by atoms with Gasteiger partial charge in [0.15, 0.2) is 5.60 Å². The predicted octanol–water partition coefficient (Wildman–Crippen LogP) is 0.590. The summed E-state index contributed by atoms with van der Waals surface area (Å²) in [6.07, 6.45) is 1.69. The van der Waals surface area contributed by atoms with Crippen molar-refractivity contribution in [3.05, 3.63) is 0 Å². The highest BCUT2D eigenvalue weighted by Crippen LogP contribution is 2.40. The average Bonchev–Trinajstić information content (AvgIpc) is 2.20. The minimum absolute atomic E-state index is 0.110. The molecule has 1 saturated heterocycles. The predicted molar refractivity (Wildman–Crippen MR) is 41.4 cm³/mol. The summed E-state index contributed by atoms with van der Waals surface area (Å²) in [6.45, 7) is 0. The van der Waals surface area contributed by atoms with Gasteiger partial charge in [-0.05, 0) is 12.8 Å². The molecule has 4 heteroatoms. The van der Waals surface area contributed by atoms with E-state index < -0.39 is 11.6 Å². The number of alkyl halides is 1. The minimum Gasteiger partial charge on any atom is -0.459 e. The van der Waals surface area contributed by atoms with E-state index in [1.165, 1.54) is 0 Å². The third-order valence-electron chi connectivity index (χ3n) is 2.41. The van der Waals surface area contributed by atoms with Gasteiger partial charge in [-0.2, -0.15) is 0 Å². The summed E-state index contributed by atoms with van der Waals surface area (Å²) in [5.74, 6) is -0.440. The molecular formula is C7H9BrO3. The van der Waals surface area contributed by atoms with Gasteiger partial charge in [0, 0.05) is 6.42 Å². The normalized spacial score (nSPS) is 49.1. The fourth-order valence-electron chi connectivity index (χ4n) is 1.67. The molecule has 3 atom stereocenters. The highest BCUT2D eigenvalue weighted by molar-refractivity contribution is 9.09. The molecular weight excluding hydrogens is 212 g/mol. The van der Waals surface area contributed by atoms with E-state index in [-0.39, 0.29) is 10.9 Å².